The number of hydrogen-bond acceptors (Lipinski definition) is 3. The number of nitrogens with zero attached hydrogens (tertiary/aromatic N) is 1. The van der Waals surface area contributed by atoms with Gasteiger partial charge in [0.15, 0.2) is 0 Å². The number of para-hydroxylation sites is 1. The van der Waals surface area contributed by atoms with Gasteiger partial charge in [-0.3, -0.25) is 4.98 Å². The number of pyridine rings is 1. The van der Waals surface area contributed by atoms with E-state index in [0.29, 0.717) is 0 Å². The first kappa shape index (κ1) is 15.0. The maximum atomic E-state index is 5.21. The van der Waals surface area contributed by atoms with Crippen LogP contribution < -0.4 is 0 Å². The summed E-state index contributed by atoms with van der Waals surface area (Å²) >= 11 is 0. The largest absolute Gasteiger partial charge is 0.488 e. The summed E-state index contributed by atoms with van der Waals surface area (Å²) in [6, 6.07) is 10.2. The van der Waals surface area contributed by atoms with E-state index in [9.17, 15) is 0 Å². The Labute approximate surface area is 121 Å². The first-order valence-corrected chi connectivity index (χ1v) is 6.81. The fourth-order valence-electron chi connectivity index (χ4n) is 1.79. The zero-order chi connectivity index (χ0) is 14.8. The Kier molecular flexibility index (Phi) is 4.16. The highest BCUT2D eigenvalue weighted by atomic mass is 16.7. The van der Waals surface area contributed by atoms with Gasteiger partial charge in [0.1, 0.15) is 0 Å². The van der Waals surface area contributed by atoms with Crippen molar-refractivity contribution in [2.75, 3.05) is 0 Å². The number of rotatable bonds is 0. The second kappa shape index (κ2) is 5.54. The van der Waals surface area contributed by atoms with Crippen LogP contribution in [0.3, 0.4) is 0 Å². The Balaban J connectivity index is 0.000000151. The first-order chi connectivity index (χ1) is 9.33. The maximum absolute atomic E-state index is 5.21. The van der Waals surface area contributed by atoms with Crippen molar-refractivity contribution < 1.29 is 9.31 Å². The summed E-state index contributed by atoms with van der Waals surface area (Å²) in [6.07, 6.45) is 1.84. The third kappa shape index (κ3) is 3.02. The lowest BCUT2D eigenvalue weighted by Gasteiger charge is -2.32. The molecule has 1 radical (unpaired) electrons. The SMILES string of the molecule is CC1(C)O[B]OC1(C)C.Cc1ccnc2ccccc12. The molecule has 1 fully saturated rings. The molecule has 3 rings (SSSR count). The van der Waals surface area contributed by atoms with Gasteiger partial charge in [0.2, 0.25) is 0 Å². The van der Waals surface area contributed by atoms with Crippen LogP contribution in [0.15, 0.2) is 36.5 Å². The molecule has 105 valence electrons. The minimum atomic E-state index is -0.188. The quantitative estimate of drug-likeness (QED) is 0.684. The van der Waals surface area contributed by atoms with Gasteiger partial charge in [0, 0.05) is 11.6 Å². The minimum absolute atomic E-state index is 0.187. The normalized spacial score (nSPS) is 19.1. The van der Waals surface area contributed by atoms with Crippen molar-refractivity contribution >= 4 is 18.6 Å². The molecule has 1 aliphatic rings. The average Bonchev–Trinajstić information content (AvgIpc) is 2.63. The van der Waals surface area contributed by atoms with E-state index in [0.717, 1.165) is 5.52 Å². The summed E-state index contributed by atoms with van der Waals surface area (Å²) in [6.45, 7) is 10.1. The molecule has 0 aliphatic carbocycles. The number of fused-ring (bicyclic) bond motifs is 1. The summed E-state index contributed by atoms with van der Waals surface area (Å²) in [5, 5.41) is 1.25. The Morgan fingerprint density at radius 2 is 1.55 bits per heavy atom. The Morgan fingerprint density at radius 3 is 2.05 bits per heavy atom. The molecule has 1 aromatic carbocycles. The standard InChI is InChI=1S/C10H9N.C6H12BO2/c1-8-6-7-11-10-5-3-2-4-9(8)10;1-5(2)6(3,4)9-7-8-5/h2-7H,1H3;1-4H3. The molecule has 0 atom stereocenters. The van der Waals surface area contributed by atoms with Crippen molar-refractivity contribution in [2.45, 2.75) is 45.8 Å². The highest BCUT2D eigenvalue weighted by Crippen LogP contribution is 2.33. The molecule has 1 saturated heterocycles. The second-order valence-corrected chi connectivity index (χ2v) is 6.00. The van der Waals surface area contributed by atoms with Crippen molar-refractivity contribution in [1.82, 2.24) is 4.98 Å². The van der Waals surface area contributed by atoms with Gasteiger partial charge in [-0.15, -0.1) is 0 Å². The summed E-state index contributed by atoms with van der Waals surface area (Å²) in [5.41, 5.74) is 1.99. The van der Waals surface area contributed by atoms with E-state index in [2.05, 4.69) is 18.0 Å². The van der Waals surface area contributed by atoms with Crippen LogP contribution in [0.5, 0.6) is 0 Å². The molecule has 20 heavy (non-hydrogen) atoms. The van der Waals surface area contributed by atoms with Crippen LogP contribution in [0.4, 0.5) is 0 Å². The van der Waals surface area contributed by atoms with Gasteiger partial charge in [0.25, 0.3) is 0 Å². The van der Waals surface area contributed by atoms with Crippen molar-refractivity contribution in [2.24, 2.45) is 0 Å². The van der Waals surface area contributed by atoms with E-state index in [4.69, 9.17) is 9.31 Å². The van der Waals surface area contributed by atoms with E-state index in [1.807, 2.05) is 58.2 Å². The van der Waals surface area contributed by atoms with E-state index in [-0.39, 0.29) is 11.2 Å². The molecule has 1 aromatic heterocycles. The molecule has 0 bridgehead atoms. The molecule has 0 unspecified atom stereocenters. The lowest BCUT2D eigenvalue weighted by atomic mass is 9.90. The average molecular weight is 270 g/mol. The Morgan fingerprint density at radius 1 is 0.950 bits per heavy atom. The van der Waals surface area contributed by atoms with Gasteiger partial charge in [-0.2, -0.15) is 0 Å². The molecule has 1 aliphatic heterocycles. The molecular formula is C16H21BNO2. The smallest absolute Gasteiger partial charge is 0.405 e. The summed E-state index contributed by atoms with van der Waals surface area (Å²) in [5.74, 6) is 0. The summed E-state index contributed by atoms with van der Waals surface area (Å²) in [4.78, 5) is 4.24. The zero-order valence-corrected chi connectivity index (χ0v) is 12.8. The number of aromatic nitrogens is 1. The number of hydrogen-bond donors (Lipinski definition) is 0. The van der Waals surface area contributed by atoms with Crippen molar-refractivity contribution in [1.29, 1.82) is 0 Å². The first-order valence-electron chi connectivity index (χ1n) is 6.81. The van der Waals surface area contributed by atoms with Gasteiger partial charge >= 0.3 is 7.69 Å². The molecule has 0 saturated carbocycles. The predicted molar refractivity (Wildman–Crippen MR) is 82.6 cm³/mol. The van der Waals surface area contributed by atoms with Gasteiger partial charge < -0.3 is 9.31 Å². The highest BCUT2D eigenvalue weighted by Gasteiger charge is 2.44. The molecule has 0 N–H and O–H groups in total. The van der Waals surface area contributed by atoms with E-state index < -0.39 is 0 Å². The third-order valence-electron chi connectivity index (χ3n) is 4.00. The van der Waals surface area contributed by atoms with Crippen molar-refractivity contribution in [3.63, 3.8) is 0 Å². The fraction of sp³-hybridized carbons (Fsp3) is 0.438. The van der Waals surface area contributed by atoms with Gasteiger partial charge in [0.05, 0.1) is 16.7 Å². The van der Waals surface area contributed by atoms with Crippen LogP contribution in [0, 0.1) is 6.92 Å². The van der Waals surface area contributed by atoms with Gasteiger partial charge in [-0.1, -0.05) is 18.2 Å². The lowest BCUT2D eigenvalue weighted by molar-refractivity contribution is 0.00578. The third-order valence-corrected chi connectivity index (χ3v) is 4.00. The van der Waals surface area contributed by atoms with Crippen LogP contribution in [0.25, 0.3) is 10.9 Å². The van der Waals surface area contributed by atoms with Crippen LogP contribution in [0.1, 0.15) is 33.3 Å². The van der Waals surface area contributed by atoms with Crippen LogP contribution >= 0.6 is 0 Å². The topological polar surface area (TPSA) is 31.4 Å². The van der Waals surface area contributed by atoms with Gasteiger partial charge in [-0.05, 0) is 52.3 Å². The summed E-state index contributed by atoms with van der Waals surface area (Å²) < 4.78 is 10.4. The molecule has 2 heterocycles. The fourth-order valence-corrected chi connectivity index (χ4v) is 1.79. The molecule has 4 heteroatoms. The highest BCUT2D eigenvalue weighted by molar-refractivity contribution is 6.19. The number of aryl methyl sites for hydroxylation is 1. The van der Waals surface area contributed by atoms with Crippen LogP contribution in [-0.2, 0) is 9.31 Å². The predicted octanol–water partition coefficient (Wildman–Crippen LogP) is 3.67. The van der Waals surface area contributed by atoms with Gasteiger partial charge in [-0.25, -0.2) is 0 Å². The molecule has 0 spiro atoms. The minimum Gasteiger partial charge on any atom is -0.405 e. The molecule has 0 amide bonds. The zero-order valence-electron chi connectivity index (χ0n) is 12.8. The lowest BCUT2D eigenvalue weighted by Crippen LogP contribution is -2.41. The number of benzene rings is 1. The summed E-state index contributed by atoms with van der Waals surface area (Å²) in [7, 11) is 1.42. The molecule has 3 nitrogen and oxygen atoms in total. The van der Waals surface area contributed by atoms with Crippen LogP contribution in [0.2, 0.25) is 0 Å². The van der Waals surface area contributed by atoms with Crippen LogP contribution in [-0.4, -0.2) is 23.9 Å². The molecule has 2 aromatic rings. The maximum Gasteiger partial charge on any atom is 0.488 e. The van der Waals surface area contributed by atoms with Crippen molar-refractivity contribution in [3.8, 4) is 0 Å². The Hall–Kier alpha value is -1.39. The monoisotopic (exact) mass is 270 g/mol. The molecular weight excluding hydrogens is 249 g/mol. The van der Waals surface area contributed by atoms with E-state index in [1.165, 1.54) is 18.6 Å². The van der Waals surface area contributed by atoms with E-state index in [1.54, 1.807) is 0 Å². The van der Waals surface area contributed by atoms with E-state index >= 15 is 0 Å². The second-order valence-electron chi connectivity index (χ2n) is 6.00. The van der Waals surface area contributed by atoms with Crippen molar-refractivity contribution in [3.05, 3.63) is 42.1 Å². The Bertz CT molecular complexity index is 577.